The summed E-state index contributed by atoms with van der Waals surface area (Å²) in [5, 5.41) is 12.9. The molecule has 2 N–H and O–H groups in total. The zero-order valence-electron chi connectivity index (χ0n) is 15.0. The lowest BCUT2D eigenvalue weighted by Gasteiger charge is -2.25. The molecule has 0 saturated heterocycles. The summed E-state index contributed by atoms with van der Waals surface area (Å²) in [7, 11) is -2.97. The number of fused-ring (bicyclic) bond motifs is 2. The number of anilines is 1. The average Bonchev–Trinajstić information content (AvgIpc) is 3.03. The fourth-order valence-corrected chi connectivity index (χ4v) is 5.50. The number of benzene rings is 1. The Kier molecular flexibility index (Phi) is 5.00. The predicted molar refractivity (Wildman–Crippen MR) is 96.9 cm³/mol. The molecule has 1 atom stereocenters. The molecular weight excluding hydrogens is 435 g/mol. The van der Waals surface area contributed by atoms with Gasteiger partial charge in [-0.1, -0.05) is 0 Å². The number of amides is 1. The van der Waals surface area contributed by atoms with Crippen LogP contribution in [0.25, 0.3) is 0 Å². The molecule has 0 radical (unpaired) electrons. The van der Waals surface area contributed by atoms with Crippen LogP contribution in [0, 0.1) is 0 Å². The van der Waals surface area contributed by atoms with Crippen LogP contribution in [0.15, 0.2) is 28.5 Å². The van der Waals surface area contributed by atoms with Crippen molar-refractivity contribution in [2.24, 2.45) is 0 Å². The molecule has 1 aromatic carbocycles. The number of carbonyl (C=O) groups excluding carboxylic acids is 2. The SMILES string of the molecule is COc1ccc(NC(=O)C(C)(O)C(F)(F)F)c2c1S(=O)(=O)Cc1ccsc1C2=O. The van der Waals surface area contributed by atoms with Gasteiger partial charge in [-0.2, -0.15) is 13.2 Å². The smallest absolute Gasteiger partial charge is 0.426 e. The number of thiophene rings is 1. The van der Waals surface area contributed by atoms with E-state index in [0.29, 0.717) is 0 Å². The van der Waals surface area contributed by atoms with Crippen LogP contribution >= 0.6 is 11.3 Å². The zero-order chi connectivity index (χ0) is 21.8. The van der Waals surface area contributed by atoms with Gasteiger partial charge in [-0.3, -0.25) is 9.59 Å². The zero-order valence-corrected chi connectivity index (χ0v) is 16.6. The molecule has 1 aromatic heterocycles. The number of hydrogen-bond acceptors (Lipinski definition) is 7. The molecular formula is C17H14F3NO6S2. The van der Waals surface area contributed by atoms with E-state index in [9.17, 15) is 36.3 Å². The molecule has 2 aromatic rings. The molecule has 1 aliphatic rings. The molecule has 0 fully saturated rings. The number of ether oxygens (including phenoxy) is 1. The highest BCUT2D eigenvalue weighted by Gasteiger charge is 2.56. The molecule has 0 spiro atoms. The van der Waals surface area contributed by atoms with Gasteiger partial charge in [-0.15, -0.1) is 11.3 Å². The van der Waals surface area contributed by atoms with Crippen LogP contribution in [0.1, 0.15) is 27.7 Å². The molecule has 0 aliphatic carbocycles. The van der Waals surface area contributed by atoms with Crippen molar-refractivity contribution in [3.8, 4) is 5.75 Å². The molecule has 0 saturated carbocycles. The van der Waals surface area contributed by atoms with Crippen LogP contribution in [0.4, 0.5) is 18.9 Å². The summed E-state index contributed by atoms with van der Waals surface area (Å²) >= 11 is 0.965. The first-order valence-electron chi connectivity index (χ1n) is 7.96. The molecule has 2 heterocycles. The van der Waals surface area contributed by atoms with Gasteiger partial charge in [-0.05, 0) is 36.1 Å². The quantitative estimate of drug-likeness (QED) is 0.745. The Labute approximate surface area is 167 Å². The number of nitrogens with one attached hydrogen (secondary N) is 1. The van der Waals surface area contributed by atoms with Crippen molar-refractivity contribution >= 4 is 38.6 Å². The molecule has 156 valence electrons. The van der Waals surface area contributed by atoms with Crippen LogP contribution in [-0.2, 0) is 20.4 Å². The average molecular weight is 449 g/mol. The summed E-state index contributed by atoms with van der Waals surface area (Å²) in [5.41, 5.74) is -4.53. The van der Waals surface area contributed by atoms with E-state index in [-0.39, 0.29) is 23.1 Å². The van der Waals surface area contributed by atoms with E-state index in [1.165, 1.54) is 18.6 Å². The Bertz CT molecular complexity index is 1120. The molecule has 12 heteroatoms. The first-order chi connectivity index (χ1) is 13.3. The van der Waals surface area contributed by atoms with E-state index in [1.807, 2.05) is 5.32 Å². The Morgan fingerprint density at radius 3 is 2.52 bits per heavy atom. The minimum atomic E-state index is -5.29. The maximum Gasteiger partial charge on any atom is 0.426 e. The van der Waals surface area contributed by atoms with Crippen LogP contribution in [-0.4, -0.2) is 44.1 Å². The minimum Gasteiger partial charge on any atom is -0.495 e. The van der Waals surface area contributed by atoms with Gasteiger partial charge in [0.25, 0.3) is 5.91 Å². The third-order valence-electron chi connectivity index (χ3n) is 4.42. The first-order valence-corrected chi connectivity index (χ1v) is 10.5. The Morgan fingerprint density at radius 1 is 1.28 bits per heavy atom. The molecule has 1 unspecified atom stereocenters. The van der Waals surface area contributed by atoms with E-state index in [2.05, 4.69) is 0 Å². The fraction of sp³-hybridized carbons (Fsp3) is 0.294. The van der Waals surface area contributed by atoms with Crippen LogP contribution < -0.4 is 10.1 Å². The van der Waals surface area contributed by atoms with Crippen molar-refractivity contribution < 1.29 is 41.0 Å². The summed E-state index contributed by atoms with van der Waals surface area (Å²) in [6, 6.07) is 3.62. The van der Waals surface area contributed by atoms with Crippen molar-refractivity contribution in [2.45, 2.75) is 29.3 Å². The lowest BCUT2D eigenvalue weighted by atomic mass is 10.0. The Hall–Kier alpha value is -2.44. The number of hydrogen-bond donors (Lipinski definition) is 2. The molecule has 0 bridgehead atoms. The maximum atomic E-state index is 13.0. The largest absolute Gasteiger partial charge is 0.495 e. The highest BCUT2D eigenvalue weighted by molar-refractivity contribution is 7.91. The minimum absolute atomic E-state index is 0.0821. The van der Waals surface area contributed by atoms with Crippen molar-refractivity contribution in [3.05, 3.63) is 39.6 Å². The van der Waals surface area contributed by atoms with Crippen LogP contribution in [0.3, 0.4) is 0 Å². The number of halogens is 3. The normalized spacial score (nSPS) is 17.5. The van der Waals surface area contributed by atoms with Gasteiger partial charge in [0, 0.05) is 0 Å². The second-order valence-electron chi connectivity index (χ2n) is 6.41. The lowest BCUT2D eigenvalue weighted by molar-refractivity contribution is -0.242. The summed E-state index contributed by atoms with van der Waals surface area (Å²) < 4.78 is 69.8. The number of rotatable bonds is 3. The van der Waals surface area contributed by atoms with E-state index in [0.717, 1.165) is 23.5 Å². The third-order valence-corrected chi connectivity index (χ3v) is 7.09. The number of carbonyl (C=O) groups is 2. The number of methoxy groups -OCH3 is 1. The molecule has 1 amide bonds. The number of alkyl halides is 3. The van der Waals surface area contributed by atoms with Gasteiger partial charge in [0.2, 0.25) is 11.4 Å². The highest BCUT2D eigenvalue weighted by atomic mass is 32.2. The predicted octanol–water partition coefficient (Wildman–Crippen LogP) is 2.53. The second kappa shape index (κ2) is 6.82. The molecule has 1 aliphatic heterocycles. The van der Waals surface area contributed by atoms with Gasteiger partial charge in [0.1, 0.15) is 10.6 Å². The Balaban J connectivity index is 2.24. The first kappa shape index (κ1) is 21.3. The summed E-state index contributed by atoms with van der Waals surface area (Å²) in [6.45, 7) is 0.250. The van der Waals surface area contributed by atoms with E-state index in [4.69, 9.17) is 4.74 Å². The van der Waals surface area contributed by atoms with E-state index >= 15 is 0 Å². The molecule has 7 nitrogen and oxygen atoms in total. The van der Waals surface area contributed by atoms with Gasteiger partial charge in [-0.25, -0.2) is 8.42 Å². The maximum absolute atomic E-state index is 13.0. The van der Waals surface area contributed by atoms with Gasteiger partial charge < -0.3 is 15.2 Å². The molecule has 3 rings (SSSR count). The van der Waals surface area contributed by atoms with Crippen LogP contribution in [0.2, 0.25) is 0 Å². The van der Waals surface area contributed by atoms with E-state index < -0.39 is 55.2 Å². The second-order valence-corrected chi connectivity index (χ2v) is 9.25. The number of sulfone groups is 1. The number of ketones is 1. The van der Waals surface area contributed by atoms with Gasteiger partial charge >= 0.3 is 6.18 Å². The van der Waals surface area contributed by atoms with Gasteiger partial charge in [0.05, 0.1) is 29.0 Å². The third kappa shape index (κ3) is 3.40. The van der Waals surface area contributed by atoms with E-state index in [1.54, 1.807) is 0 Å². The monoisotopic (exact) mass is 449 g/mol. The Morgan fingerprint density at radius 2 is 1.93 bits per heavy atom. The summed E-state index contributed by atoms with van der Waals surface area (Å²) in [5.74, 6) is -3.35. The number of aliphatic hydroxyl groups is 1. The van der Waals surface area contributed by atoms with Crippen LogP contribution in [0.5, 0.6) is 5.75 Å². The summed E-state index contributed by atoms with van der Waals surface area (Å²) in [6.07, 6.45) is -5.29. The van der Waals surface area contributed by atoms with Crippen molar-refractivity contribution in [2.75, 3.05) is 12.4 Å². The highest BCUT2D eigenvalue weighted by Crippen LogP contribution is 2.41. The van der Waals surface area contributed by atoms with Crippen molar-refractivity contribution in [1.82, 2.24) is 0 Å². The standard InChI is InChI=1S/C17H14F3NO6S2/c1-16(24,17(18,19)20)15(23)21-9-3-4-10(27-2)14-11(9)12(22)13-8(5-6-28-13)7-29(14,25)26/h3-6,24H,7H2,1-2H3,(H,21,23). The molecule has 29 heavy (non-hydrogen) atoms. The lowest BCUT2D eigenvalue weighted by Crippen LogP contribution is -2.52. The van der Waals surface area contributed by atoms with Crippen molar-refractivity contribution in [1.29, 1.82) is 0 Å². The topological polar surface area (TPSA) is 110 Å². The van der Waals surface area contributed by atoms with Gasteiger partial charge in [0.15, 0.2) is 9.84 Å². The summed E-state index contributed by atoms with van der Waals surface area (Å²) in [4.78, 5) is 24.7. The van der Waals surface area contributed by atoms with Crippen molar-refractivity contribution in [3.63, 3.8) is 0 Å². The fourth-order valence-electron chi connectivity index (χ4n) is 2.77.